The maximum absolute atomic E-state index is 11.9. The van der Waals surface area contributed by atoms with Crippen molar-refractivity contribution in [3.63, 3.8) is 0 Å². The number of nitrogens with zero attached hydrogens (tertiary/aromatic N) is 4. The van der Waals surface area contributed by atoms with Crippen LogP contribution in [0.2, 0.25) is 10.0 Å². The van der Waals surface area contributed by atoms with Crippen LogP contribution in [0, 0.1) is 0 Å². The smallest absolute Gasteiger partial charge is 0.222 e. The summed E-state index contributed by atoms with van der Waals surface area (Å²) in [5.74, 6) is 1.60. The molecule has 8 nitrogen and oxygen atoms in total. The van der Waals surface area contributed by atoms with Gasteiger partial charge in [0, 0.05) is 62.4 Å². The minimum Gasteiger partial charge on any atom is -0.486 e. The minimum atomic E-state index is -0.417. The summed E-state index contributed by atoms with van der Waals surface area (Å²) in [7, 11) is 0. The zero-order valence-electron chi connectivity index (χ0n) is 20.2. The van der Waals surface area contributed by atoms with Gasteiger partial charge in [-0.3, -0.25) is 15.2 Å². The molecule has 1 atom stereocenters. The van der Waals surface area contributed by atoms with E-state index in [-0.39, 0.29) is 5.91 Å². The fourth-order valence-corrected chi connectivity index (χ4v) is 4.88. The molecule has 36 heavy (non-hydrogen) atoms. The topological polar surface area (TPSA) is 110 Å². The maximum atomic E-state index is 11.9. The molecule has 1 aliphatic heterocycles. The van der Waals surface area contributed by atoms with E-state index in [0.29, 0.717) is 57.8 Å². The first kappa shape index (κ1) is 25.7. The minimum absolute atomic E-state index is 0.186. The van der Waals surface area contributed by atoms with Crippen LogP contribution >= 0.6 is 23.2 Å². The van der Waals surface area contributed by atoms with Gasteiger partial charge in [-0.25, -0.2) is 4.98 Å². The van der Waals surface area contributed by atoms with E-state index >= 15 is 0 Å². The van der Waals surface area contributed by atoms with Crippen molar-refractivity contribution < 1.29 is 14.9 Å². The summed E-state index contributed by atoms with van der Waals surface area (Å²) in [5.41, 5.74) is 9.30. The van der Waals surface area contributed by atoms with Gasteiger partial charge in [-0.1, -0.05) is 30.1 Å². The third kappa shape index (κ3) is 5.55. The van der Waals surface area contributed by atoms with Crippen molar-refractivity contribution in [3.05, 3.63) is 75.7 Å². The van der Waals surface area contributed by atoms with E-state index in [1.807, 2.05) is 30.9 Å². The molecule has 1 fully saturated rings. The highest BCUT2D eigenvalue weighted by molar-refractivity contribution is 6.35. The van der Waals surface area contributed by atoms with E-state index in [9.17, 15) is 4.79 Å². The molecular formula is C26H29Cl2N6O2+. The number of anilines is 2. The van der Waals surface area contributed by atoms with E-state index in [2.05, 4.69) is 14.9 Å². The second-order valence-electron chi connectivity index (χ2n) is 8.57. The largest absolute Gasteiger partial charge is 0.486 e. The number of hydrogen-bond acceptors (Lipinski definition) is 6. The van der Waals surface area contributed by atoms with E-state index in [4.69, 9.17) is 39.1 Å². The van der Waals surface area contributed by atoms with Gasteiger partial charge in [-0.15, -0.1) is 0 Å². The molecule has 4 rings (SSSR count). The van der Waals surface area contributed by atoms with Crippen LogP contribution < -0.4 is 20.8 Å². The summed E-state index contributed by atoms with van der Waals surface area (Å²) in [6, 6.07) is 9.18. The monoisotopic (exact) mass is 527 g/mol. The summed E-state index contributed by atoms with van der Waals surface area (Å²) in [4.78, 5) is 24.6. The zero-order chi connectivity index (χ0) is 25.8. The molecule has 3 heterocycles. The molecule has 0 unspecified atom stereocenters. The maximum Gasteiger partial charge on any atom is 0.222 e. The first-order valence-corrected chi connectivity index (χ1v) is 12.5. The Hall–Kier alpha value is -3.36. The van der Waals surface area contributed by atoms with Gasteiger partial charge in [0.25, 0.3) is 0 Å². The lowest BCUT2D eigenvalue weighted by molar-refractivity contribution is -0.131. The Morgan fingerprint density at radius 2 is 1.81 bits per heavy atom. The summed E-state index contributed by atoms with van der Waals surface area (Å²) in [6.07, 6.45) is 4.91. The lowest BCUT2D eigenvalue weighted by Gasteiger charge is -2.35. The molecule has 0 spiro atoms. The van der Waals surface area contributed by atoms with Crippen LogP contribution in [0.1, 0.15) is 43.1 Å². The van der Waals surface area contributed by atoms with Crippen LogP contribution in [0.5, 0.6) is 5.75 Å². The Kier molecular flexibility index (Phi) is 7.96. The highest BCUT2D eigenvalue weighted by Crippen LogP contribution is 2.33. The Morgan fingerprint density at radius 3 is 2.42 bits per heavy atom. The Morgan fingerprint density at radius 1 is 1.11 bits per heavy atom. The molecule has 4 N–H and O–H groups in total. The van der Waals surface area contributed by atoms with Crippen LogP contribution in [0.3, 0.4) is 0 Å². The lowest BCUT2D eigenvalue weighted by Crippen LogP contribution is -2.48. The van der Waals surface area contributed by atoms with Crippen molar-refractivity contribution in [2.45, 2.75) is 26.4 Å². The highest BCUT2D eigenvalue weighted by atomic mass is 35.5. The van der Waals surface area contributed by atoms with Gasteiger partial charge < -0.3 is 20.3 Å². The normalized spacial score (nSPS) is 14.4. The molecule has 2 aromatic heterocycles. The van der Waals surface area contributed by atoms with E-state index in [1.165, 1.54) is 12.4 Å². The summed E-state index contributed by atoms with van der Waals surface area (Å²) >= 11 is 12.6. The molecule has 0 aliphatic carbocycles. The SMILES string of the molecule is CCC(=O)N1CCN(c2ccc(C(=[NH2+])c3cc(O[C@H](C)c4c(Cl)cncc4Cl)ccc3N)cn2)CC1. The quantitative estimate of drug-likeness (QED) is 0.360. The van der Waals surface area contributed by atoms with Crippen molar-refractivity contribution in [2.24, 2.45) is 0 Å². The number of nitrogens with two attached hydrogens (primary N) is 2. The number of piperazine rings is 1. The Labute approximate surface area is 220 Å². The van der Waals surface area contributed by atoms with Crippen molar-refractivity contribution in [1.82, 2.24) is 14.9 Å². The molecule has 0 bridgehead atoms. The number of ether oxygens (including phenoxy) is 1. The summed E-state index contributed by atoms with van der Waals surface area (Å²) in [5, 5.41) is 7.37. The van der Waals surface area contributed by atoms with Gasteiger partial charge in [0.2, 0.25) is 11.6 Å². The Bertz CT molecular complexity index is 1240. The first-order valence-electron chi connectivity index (χ1n) is 11.8. The zero-order valence-corrected chi connectivity index (χ0v) is 21.8. The van der Waals surface area contributed by atoms with Crippen LogP contribution in [0.4, 0.5) is 11.5 Å². The van der Waals surface area contributed by atoms with Gasteiger partial charge in [-0.05, 0) is 37.3 Å². The molecule has 1 amide bonds. The highest BCUT2D eigenvalue weighted by Gasteiger charge is 2.22. The molecule has 188 valence electrons. The van der Waals surface area contributed by atoms with Crippen molar-refractivity contribution >= 4 is 46.3 Å². The second-order valence-corrected chi connectivity index (χ2v) is 9.38. The number of amides is 1. The number of halogens is 2. The van der Waals surface area contributed by atoms with Crippen LogP contribution in [-0.4, -0.2) is 52.7 Å². The number of carbonyl (C=O) groups is 1. The van der Waals surface area contributed by atoms with Gasteiger partial charge in [-0.2, -0.15) is 0 Å². The number of carbonyl (C=O) groups excluding carboxylic acids is 1. The number of aromatic nitrogens is 2. The number of pyridine rings is 2. The summed E-state index contributed by atoms with van der Waals surface area (Å²) < 4.78 is 6.10. The van der Waals surface area contributed by atoms with Crippen molar-refractivity contribution in [1.29, 1.82) is 0 Å². The van der Waals surface area contributed by atoms with Gasteiger partial charge in [0.1, 0.15) is 17.7 Å². The van der Waals surface area contributed by atoms with E-state index < -0.39 is 6.10 Å². The molecule has 10 heteroatoms. The molecule has 1 saturated heterocycles. The first-order chi connectivity index (χ1) is 17.3. The lowest BCUT2D eigenvalue weighted by atomic mass is 10.0. The summed E-state index contributed by atoms with van der Waals surface area (Å²) in [6.45, 7) is 6.62. The average Bonchev–Trinajstić information content (AvgIpc) is 2.89. The van der Waals surface area contributed by atoms with Crippen LogP contribution in [-0.2, 0) is 4.79 Å². The number of benzene rings is 1. The van der Waals surface area contributed by atoms with Crippen LogP contribution in [0.25, 0.3) is 0 Å². The number of hydrogen-bond donors (Lipinski definition) is 2. The van der Waals surface area contributed by atoms with Crippen molar-refractivity contribution in [3.8, 4) is 5.75 Å². The van der Waals surface area contributed by atoms with Gasteiger partial charge in [0.15, 0.2) is 0 Å². The fourth-order valence-electron chi connectivity index (χ4n) is 4.21. The predicted octanol–water partition coefficient (Wildman–Crippen LogP) is 3.16. The average molecular weight is 528 g/mol. The molecule has 1 aliphatic rings. The van der Waals surface area contributed by atoms with Crippen molar-refractivity contribution in [2.75, 3.05) is 36.8 Å². The third-order valence-electron chi connectivity index (χ3n) is 6.24. The van der Waals surface area contributed by atoms with E-state index in [0.717, 1.165) is 24.5 Å². The number of nitrogen functional groups attached to an aromatic ring is 1. The third-order valence-corrected chi connectivity index (χ3v) is 6.84. The van der Waals surface area contributed by atoms with E-state index in [1.54, 1.807) is 24.4 Å². The molecule has 3 aromatic rings. The second kappa shape index (κ2) is 11.1. The molecule has 0 saturated carbocycles. The molecular weight excluding hydrogens is 499 g/mol. The fraction of sp³-hybridized carbons (Fsp3) is 0.308. The van der Waals surface area contributed by atoms with Gasteiger partial charge in [0.05, 0.1) is 21.2 Å². The van der Waals surface area contributed by atoms with Gasteiger partial charge >= 0.3 is 0 Å². The number of rotatable bonds is 7. The molecule has 0 radical (unpaired) electrons. The standard InChI is InChI=1S/C26H28Cl2N6O2/c1-3-24(35)34-10-8-33(9-11-34)23-7-4-17(13-32-23)26(30)19-12-18(5-6-22(19)29)36-16(2)25-20(27)14-31-15-21(25)28/h4-7,12-16,30H,3,8-11,29H2,1-2H3/p+1/t16-/m1/s1. The van der Waals surface area contributed by atoms with Crippen LogP contribution in [0.15, 0.2) is 48.9 Å². The molecule has 1 aromatic carbocycles. The Balaban J connectivity index is 1.47. The predicted molar refractivity (Wildman–Crippen MR) is 143 cm³/mol.